The van der Waals surface area contributed by atoms with Gasteiger partial charge >= 0.3 is 11.9 Å². The monoisotopic (exact) mass is 386 g/mol. The van der Waals surface area contributed by atoms with Crippen LogP contribution in [0.1, 0.15) is 40.0 Å². The molecule has 1 unspecified atom stereocenters. The number of hydrogen-bond donors (Lipinski definition) is 0. The Bertz CT molecular complexity index is 542. The van der Waals surface area contributed by atoms with E-state index in [1.165, 1.54) is 7.11 Å². The Morgan fingerprint density at radius 1 is 1.13 bits per heavy atom. The van der Waals surface area contributed by atoms with Crippen molar-refractivity contribution in [1.29, 1.82) is 0 Å². The molecule has 0 radical (unpaired) electrons. The number of esters is 2. The predicted octanol–water partition coefficient (Wildman–Crippen LogP) is 4.12. The van der Waals surface area contributed by atoms with E-state index in [4.69, 9.17) is 14.2 Å². The number of ether oxygens (including phenoxy) is 3. The van der Waals surface area contributed by atoms with E-state index >= 15 is 0 Å². The van der Waals surface area contributed by atoms with Gasteiger partial charge in [-0.1, -0.05) is 36.7 Å². The van der Waals surface area contributed by atoms with Crippen LogP contribution in [0, 0.1) is 5.92 Å². The number of hydrogen-bond acceptors (Lipinski definition) is 5. The molecule has 0 amide bonds. The summed E-state index contributed by atoms with van der Waals surface area (Å²) in [5.74, 6) is 0.136. The van der Waals surface area contributed by atoms with Crippen LogP contribution in [-0.4, -0.2) is 25.2 Å². The lowest BCUT2D eigenvalue weighted by Gasteiger charge is -2.19. The lowest BCUT2D eigenvalue weighted by molar-refractivity contribution is -0.153. The molecule has 6 heteroatoms. The summed E-state index contributed by atoms with van der Waals surface area (Å²) in [4.78, 5) is 23.6. The Hall–Kier alpha value is -1.56. The molecule has 0 aliphatic heterocycles. The first-order valence-corrected chi connectivity index (χ1v) is 8.40. The number of benzene rings is 1. The first kappa shape index (κ1) is 19.5. The molecule has 1 aromatic carbocycles. The van der Waals surface area contributed by atoms with E-state index in [1.54, 1.807) is 18.2 Å². The van der Waals surface area contributed by atoms with Crippen LogP contribution in [0.2, 0.25) is 0 Å². The lowest BCUT2D eigenvalue weighted by Crippen LogP contribution is -2.23. The fraction of sp³-hybridized carbons (Fsp3) is 0.529. The first-order valence-electron chi connectivity index (χ1n) is 7.61. The van der Waals surface area contributed by atoms with Gasteiger partial charge in [-0.25, -0.2) is 0 Å². The topological polar surface area (TPSA) is 61.8 Å². The summed E-state index contributed by atoms with van der Waals surface area (Å²) in [7, 11) is 1.49. The van der Waals surface area contributed by atoms with E-state index in [-0.39, 0.29) is 30.8 Å². The summed E-state index contributed by atoms with van der Waals surface area (Å²) in [5.41, 5.74) is 0. The van der Waals surface area contributed by atoms with Crippen molar-refractivity contribution in [3.05, 3.63) is 22.7 Å². The molecule has 0 aromatic heterocycles. The predicted molar refractivity (Wildman–Crippen MR) is 90.6 cm³/mol. The fourth-order valence-electron chi connectivity index (χ4n) is 2.02. The summed E-state index contributed by atoms with van der Waals surface area (Å²) < 4.78 is 16.5. The number of carbonyl (C=O) groups is 2. The van der Waals surface area contributed by atoms with Crippen molar-refractivity contribution in [3.63, 3.8) is 0 Å². The largest absolute Gasteiger partial charge is 0.493 e. The standard InChI is InChI=1S/C17H23BrO5/c1-5-13(11(2)3)22-16(19)8-9-17(20)23-14-7-6-12(18)10-15(14)21-4/h6-7,10-11,13H,5,8-9H2,1-4H3. The van der Waals surface area contributed by atoms with Gasteiger partial charge in [0.1, 0.15) is 6.10 Å². The molecule has 0 saturated carbocycles. The van der Waals surface area contributed by atoms with Crippen molar-refractivity contribution in [2.45, 2.75) is 46.1 Å². The zero-order chi connectivity index (χ0) is 17.4. The number of halogens is 1. The lowest BCUT2D eigenvalue weighted by atomic mass is 10.1. The highest BCUT2D eigenvalue weighted by molar-refractivity contribution is 9.10. The minimum absolute atomic E-state index is 0.000890. The molecule has 0 bridgehead atoms. The van der Waals surface area contributed by atoms with Crippen LogP contribution in [-0.2, 0) is 14.3 Å². The van der Waals surface area contributed by atoms with Gasteiger partial charge in [0.05, 0.1) is 20.0 Å². The van der Waals surface area contributed by atoms with Gasteiger partial charge < -0.3 is 14.2 Å². The van der Waals surface area contributed by atoms with Gasteiger partial charge in [-0.05, 0) is 30.5 Å². The number of carbonyl (C=O) groups excluding carboxylic acids is 2. The van der Waals surface area contributed by atoms with Crippen LogP contribution in [0.4, 0.5) is 0 Å². The average molecular weight is 387 g/mol. The molecule has 128 valence electrons. The second-order valence-corrected chi connectivity index (χ2v) is 6.37. The molecule has 0 N–H and O–H groups in total. The summed E-state index contributed by atoms with van der Waals surface area (Å²) in [6.07, 6.45) is 0.599. The van der Waals surface area contributed by atoms with Crippen molar-refractivity contribution < 1.29 is 23.8 Å². The molecule has 5 nitrogen and oxygen atoms in total. The molecule has 0 fully saturated rings. The van der Waals surface area contributed by atoms with E-state index in [0.29, 0.717) is 11.5 Å². The molecule has 23 heavy (non-hydrogen) atoms. The zero-order valence-electron chi connectivity index (χ0n) is 13.9. The van der Waals surface area contributed by atoms with Crippen molar-refractivity contribution in [3.8, 4) is 11.5 Å². The number of methoxy groups -OCH3 is 1. The van der Waals surface area contributed by atoms with Gasteiger partial charge in [0.15, 0.2) is 11.5 Å². The molecule has 0 saturated heterocycles. The maximum Gasteiger partial charge on any atom is 0.311 e. The third-order valence-corrected chi connectivity index (χ3v) is 3.80. The Labute approximate surface area is 145 Å². The van der Waals surface area contributed by atoms with Gasteiger partial charge in [0.25, 0.3) is 0 Å². The minimum atomic E-state index is -0.500. The number of rotatable bonds is 8. The van der Waals surface area contributed by atoms with Gasteiger partial charge in [-0.15, -0.1) is 0 Å². The average Bonchev–Trinajstić information content (AvgIpc) is 2.51. The third kappa shape index (κ3) is 6.60. The van der Waals surface area contributed by atoms with Crippen molar-refractivity contribution >= 4 is 27.9 Å². The highest BCUT2D eigenvalue weighted by Gasteiger charge is 2.18. The van der Waals surface area contributed by atoms with Crippen LogP contribution < -0.4 is 9.47 Å². The molecule has 1 rings (SSSR count). The fourth-order valence-corrected chi connectivity index (χ4v) is 2.36. The molecule has 1 aromatic rings. The van der Waals surface area contributed by atoms with Crippen molar-refractivity contribution in [2.75, 3.05) is 7.11 Å². The normalized spacial score (nSPS) is 11.9. The Kier molecular flexibility index (Phi) is 8.09. The molecule has 0 heterocycles. The highest BCUT2D eigenvalue weighted by atomic mass is 79.9. The Morgan fingerprint density at radius 2 is 1.78 bits per heavy atom. The summed E-state index contributed by atoms with van der Waals surface area (Å²) in [5, 5.41) is 0. The van der Waals surface area contributed by atoms with E-state index in [9.17, 15) is 9.59 Å². The zero-order valence-corrected chi connectivity index (χ0v) is 15.5. The van der Waals surface area contributed by atoms with Crippen LogP contribution in [0.5, 0.6) is 11.5 Å². The van der Waals surface area contributed by atoms with Gasteiger partial charge in [-0.3, -0.25) is 9.59 Å². The molecule has 0 spiro atoms. The first-order chi connectivity index (χ1) is 10.9. The van der Waals surface area contributed by atoms with E-state index in [0.717, 1.165) is 10.9 Å². The molecule has 1 atom stereocenters. The third-order valence-electron chi connectivity index (χ3n) is 3.31. The van der Waals surface area contributed by atoms with Crippen LogP contribution >= 0.6 is 15.9 Å². The summed E-state index contributed by atoms with van der Waals surface area (Å²) in [6, 6.07) is 5.07. The van der Waals surface area contributed by atoms with Crippen molar-refractivity contribution in [2.24, 2.45) is 5.92 Å². The Balaban J connectivity index is 2.50. The quantitative estimate of drug-likeness (QED) is 0.496. The smallest absolute Gasteiger partial charge is 0.311 e. The van der Waals surface area contributed by atoms with E-state index < -0.39 is 5.97 Å². The van der Waals surface area contributed by atoms with Gasteiger partial charge in [-0.2, -0.15) is 0 Å². The minimum Gasteiger partial charge on any atom is -0.493 e. The van der Waals surface area contributed by atoms with Crippen LogP contribution in [0.15, 0.2) is 22.7 Å². The van der Waals surface area contributed by atoms with Crippen LogP contribution in [0.3, 0.4) is 0 Å². The maximum absolute atomic E-state index is 11.9. The van der Waals surface area contributed by atoms with Crippen LogP contribution in [0.25, 0.3) is 0 Å². The molecule has 0 aliphatic carbocycles. The molecular formula is C17H23BrO5. The van der Waals surface area contributed by atoms with Crippen molar-refractivity contribution in [1.82, 2.24) is 0 Å². The van der Waals surface area contributed by atoms with Gasteiger partial charge in [0, 0.05) is 4.47 Å². The molecule has 0 aliphatic rings. The highest BCUT2D eigenvalue weighted by Crippen LogP contribution is 2.30. The SMILES string of the molecule is CCC(OC(=O)CCC(=O)Oc1ccc(Br)cc1OC)C(C)C. The second kappa shape index (κ2) is 9.55. The van der Waals surface area contributed by atoms with E-state index in [2.05, 4.69) is 15.9 Å². The second-order valence-electron chi connectivity index (χ2n) is 5.45. The summed E-state index contributed by atoms with van der Waals surface area (Å²) >= 11 is 3.31. The molecular weight excluding hydrogens is 364 g/mol. The van der Waals surface area contributed by atoms with E-state index in [1.807, 2.05) is 20.8 Å². The van der Waals surface area contributed by atoms with Gasteiger partial charge in [0.2, 0.25) is 0 Å². The Morgan fingerprint density at radius 3 is 2.35 bits per heavy atom. The summed E-state index contributed by atoms with van der Waals surface area (Å²) in [6.45, 7) is 5.96. The maximum atomic E-state index is 11.9.